The van der Waals surface area contributed by atoms with Crippen molar-refractivity contribution in [2.75, 3.05) is 0 Å². The van der Waals surface area contributed by atoms with Crippen LogP contribution in [0, 0.1) is 0 Å². The number of carbonyl (C=O) groups is 2. The summed E-state index contributed by atoms with van der Waals surface area (Å²) < 4.78 is 0. The van der Waals surface area contributed by atoms with Crippen LogP contribution in [0.15, 0.2) is 24.3 Å². The van der Waals surface area contributed by atoms with E-state index in [0.717, 1.165) is 0 Å². The quantitative estimate of drug-likeness (QED) is 0.596. The Morgan fingerprint density at radius 3 is 1.40 bits per heavy atom. The Labute approximate surface area is 176 Å². The third kappa shape index (κ3) is 7.01. The molecular weight excluding hydrogens is 429 g/mol. The van der Waals surface area contributed by atoms with Crippen molar-refractivity contribution in [2.24, 2.45) is 0 Å². The second kappa shape index (κ2) is 11.0. The van der Waals surface area contributed by atoms with Crippen LogP contribution in [0.4, 0.5) is 0 Å². The molecule has 0 aliphatic rings. The minimum atomic E-state index is -1.23. The predicted molar refractivity (Wildman–Crippen MR) is 57.4 cm³/mol. The van der Waals surface area contributed by atoms with E-state index in [1.165, 1.54) is 24.3 Å². The molecule has 0 atom stereocenters. The second-order valence-electron chi connectivity index (χ2n) is 2.16. The SMILES string of the molecule is O=C(O)c1ccccc1C(=O)O.[BaH2].[CaH2].[Zr]. The minimum Gasteiger partial charge on any atom is 0 e. The average Bonchev–Trinajstić information content (AvgIpc) is 2.04. The third-order valence-electron chi connectivity index (χ3n) is 1.39. The predicted octanol–water partition coefficient (Wildman–Crippen LogP) is -0.752. The third-order valence-corrected chi connectivity index (χ3v) is 1.39. The number of rotatable bonds is 2. The summed E-state index contributed by atoms with van der Waals surface area (Å²) in [6.07, 6.45) is 0. The molecule has 0 saturated heterocycles. The van der Waals surface area contributed by atoms with Gasteiger partial charge in [0.2, 0.25) is 0 Å². The number of hydrogen-bond donors (Lipinski definition) is 2. The van der Waals surface area contributed by atoms with Gasteiger partial charge in [0.25, 0.3) is 0 Å². The van der Waals surface area contributed by atoms with Gasteiger partial charge in [-0.3, -0.25) is 0 Å². The van der Waals surface area contributed by atoms with Crippen molar-refractivity contribution in [1.82, 2.24) is 0 Å². The van der Waals surface area contributed by atoms with E-state index in [4.69, 9.17) is 10.2 Å². The summed E-state index contributed by atoms with van der Waals surface area (Å²) in [5.74, 6) is -2.46. The first kappa shape index (κ1) is 22.1. The molecule has 15 heavy (non-hydrogen) atoms. The summed E-state index contributed by atoms with van der Waals surface area (Å²) in [5.41, 5.74) is -0.380. The molecule has 0 fully saturated rings. The van der Waals surface area contributed by atoms with Crippen molar-refractivity contribution in [3.63, 3.8) is 0 Å². The summed E-state index contributed by atoms with van der Waals surface area (Å²) in [5, 5.41) is 17.1. The average molecular weight is 439 g/mol. The van der Waals surface area contributed by atoms with Crippen LogP contribution in [0.3, 0.4) is 0 Å². The fourth-order valence-electron chi connectivity index (χ4n) is 0.856. The first-order valence-corrected chi connectivity index (χ1v) is 3.18. The summed E-state index contributed by atoms with van der Waals surface area (Å²) in [6, 6.07) is 5.48. The van der Waals surface area contributed by atoms with E-state index in [9.17, 15) is 9.59 Å². The van der Waals surface area contributed by atoms with Crippen LogP contribution in [0.1, 0.15) is 20.7 Å². The minimum absolute atomic E-state index is 0. The van der Waals surface area contributed by atoms with Gasteiger partial charge in [0, 0.05) is 26.2 Å². The van der Waals surface area contributed by atoms with E-state index >= 15 is 0 Å². The Bertz CT molecular complexity index is 312. The molecule has 0 unspecified atom stereocenters. The molecular formula is C8H10BaCaO4Zr. The molecule has 0 aliphatic heterocycles. The van der Waals surface area contributed by atoms with E-state index in [-0.39, 0.29) is 124 Å². The van der Waals surface area contributed by atoms with E-state index in [2.05, 4.69) is 0 Å². The Balaban J connectivity index is -0.000000480. The number of hydrogen-bond acceptors (Lipinski definition) is 2. The van der Waals surface area contributed by atoms with Gasteiger partial charge >= 0.3 is 98.6 Å². The van der Waals surface area contributed by atoms with Gasteiger partial charge in [-0.25, -0.2) is 9.59 Å². The van der Waals surface area contributed by atoms with Gasteiger partial charge < -0.3 is 10.2 Å². The molecule has 74 valence electrons. The molecule has 2 N–H and O–H groups in total. The van der Waals surface area contributed by atoms with E-state index < -0.39 is 11.9 Å². The Morgan fingerprint density at radius 2 is 1.20 bits per heavy atom. The topological polar surface area (TPSA) is 74.6 Å². The maximum atomic E-state index is 10.5. The molecule has 0 bridgehead atoms. The first-order chi connectivity index (χ1) is 5.63. The molecule has 1 aromatic rings. The second-order valence-corrected chi connectivity index (χ2v) is 2.16. The fourth-order valence-corrected chi connectivity index (χ4v) is 0.856. The van der Waals surface area contributed by atoms with Crippen molar-refractivity contribution in [3.8, 4) is 0 Å². The van der Waals surface area contributed by atoms with Crippen molar-refractivity contribution < 1.29 is 46.0 Å². The van der Waals surface area contributed by atoms with Crippen LogP contribution >= 0.6 is 0 Å². The molecule has 7 heteroatoms. The molecule has 4 nitrogen and oxygen atoms in total. The number of benzene rings is 1. The van der Waals surface area contributed by atoms with Crippen molar-refractivity contribution in [2.45, 2.75) is 0 Å². The number of carboxylic acids is 2. The largest absolute Gasteiger partial charge is 0 e. The zero-order valence-corrected chi connectivity index (χ0v) is 8.98. The van der Waals surface area contributed by atoms with Crippen LogP contribution in [-0.2, 0) is 26.2 Å². The van der Waals surface area contributed by atoms with Gasteiger partial charge in [-0.15, -0.1) is 0 Å². The van der Waals surface area contributed by atoms with Gasteiger partial charge in [-0.05, 0) is 12.1 Å². The summed E-state index contributed by atoms with van der Waals surface area (Å²) in [4.78, 5) is 20.9. The Kier molecular flexibility index (Phi) is 16.2. The van der Waals surface area contributed by atoms with Crippen molar-refractivity contribution in [3.05, 3.63) is 35.4 Å². The molecule has 0 aromatic heterocycles. The molecule has 0 heterocycles. The van der Waals surface area contributed by atoms with E-state index in [0.29, 0.717) is 0 Å². The normalized spacial score (nSPS) is 7.47. The summed E-state index contributed by atoms with van der Waals surface area (Å²) in [7, 11) is 0. The number of carboxylic acid groups (broad SMARTS) is 2. The molecule has 0 radical (unpaired) electrons. The van der Waals surface area contributed by atoms with Crippen LogP contribution in [0.2, 0.25) is 0 Å². The standard InChI is InChI=1S/C8H6O4.Ba.Ca.Zr.4H/c9-7(10)5-3-1-2-4-6(5)8(11)12;;;;;;;/h1-4H,(H,9,10)(H,11,12);;;;;;;. The van der Waals surface area contributed by atoms with Gasteiger partial charge in [-0.2, -0.15) is 0 Å². The van der Waals surface area contributed by atoms with E-state index in [1.807, 2.05) is 0 Å². The molecule has 0 amide bonds. The zero-order valence-electron chi connectivity index (χ0n) is 6.52. The van der Waals surface area contributed by atoms with Gasteiger partial charge in [0.1, 0.15) is 0 Å². The Morgan fingerprint density at radius 1 is 0.933 bits per heavy atom. The molecule has 0 spiro atoms. The zero-order chi connectivity index (χ0) is 9.14. The maximum absolute atomic E-state index is 10.5. The molecule has 0 saturated carbocycles. The fraction of sp³-hybridized carbons (Fsp3) is 0. The molecule has 1 rings (SSSR count). The van der Waals surface area contributed by atoms with Crippen molar-refractivity contribution >= 4 is 98.6 Å². The smallest absolute Gasteiger partial charge is 0 e. The monoisotopic (exact) mass is 438 g/mol. The number of aromatic carboxylic acids is 2. The molecule has 1 aromatic carbocycles. The first-order valence-electron chi connectivity index (χ1n) is 3.18. The van der Waals surface area contributed by atoms with Crippen LogP contribution in [0.25, 0.3) is 0 Å². The van der Waals surface area contributed by atoms with Crippen molar-refractivity contribution in [1.29, 1.82) is 0 Å². The Hall–Kier alpha value is 1.87. The summed E-state index contributed by atoms with van der Waals surface area (Å²) >= 11 is 0. The van der Waals surface area contributed by atoms with Gasteiger partial charge in [-0.1, -0.05) is 12.1 Å². The van der Waals surface area contributed by atoms with Crippen LogP contribution in [0.5, 0.6) is 0 Å². The summed E-state index contributed by atoms with van der Waals surface area (Å²) in [6.45, 7) is 0. The maximum Gasteiger partial charge on any atom is 0 e. The van der Waals surface area contributed by atoms with Gasteiger partial charge in [0.05, 0.1) is 11.1 Å². The van der Waals surface area contributed by atoms with Crippen LogP contribution in [-0.4, -0.2) is 109 Å². The van der Waals surface area contributed by atoms with E-state index in [1.54, 1.807) is 0 Å². The van der Waals surface area contributed by atoms with Crippen LogP contribution < -0.4 is 0 Å². The molecule has 0 aliphatic carbocycles. The van der Waals surface area contributed by atoms with Gasteiger partial charge in [0.15, 0.2) is 0 Å².